The Labute approximate surface area is 142 Å². The molecule has 1 N–H and O–H groups in total. The van der Waals surface area contributed by atoms with Crippen LogP contribution in [-0.2, 0) is 4.79 Å². The number of aromatic nitrogens is 1. The van der Waals surface area contributed by atoms with Gasteiger partial charge in [0.1, 0.15) is 10.8 Å². The average Bonchev–Trinajstić information content (AvgIpc) is 2.90. The highest BCUT2D eigenvalue weighted by atomic mass is 35.5. The van der Waals surface area contributed by atoms with Gasteiger partial charge < -0.3 is 9.84 Å². The fourth-order valence-electron chi connectivity index (χ4n) is 2.03. The number of carbonyl (C=O) groups is 1. The summed E-state index contributed by atoms with van der Waals surface area (Å²) in [4.78, 5) is 15.7. The summed E-state index contributed by atoms with van der Waals surface area (Å²) in [6, 6.07) is 12.9. The highest BCUT2D eigenvalue weighted by Crippen LogP contribution is 2.32. The van der Waals surface area contributed by atoms with Crippen molar-refractivity contribution in [2.75, 3.05) is 0 Å². The highest BCUT2D eigenvalue weighted by molar-refractivity contribution is 7.21. The van der Waals surface area contributed by atoms with Gasteiger partial charge in [-0.15, -0.1) is 11.3 Å². The molecule has 0 atom stereocenters. The van der Waals surface area contributed by atoms with Gasteiger partial charge in [0.05, 0.1) is 10.2 Å². The van der Waals surface area contributed by atoms with Crippen LogP contribution in [0, 0.1) is 0 Å². The maximum Gasteiger partial charge on any atom is 0.347 e. The molecular formula is C17H14ClNO3S. The van der Waals surface area contributed by atoms with E-state index in [0.717, 1.165) is 20.8 Å². The largest absolute Gasteiger partial charge is 0.478 e. The number of aliphatic carboxylic acids is 1. The van der Waals surface area contributed by atoms with E-state index in [9.17, 15) is 4.79 Å². The van der Waals surface area contributed by atoms with Gasteiger partial charge in [-0.25, -0.2) is 9.78 Å². The Balaban J connectivity index is 1.87. The maximum atomic E-state index is 11.1. The zero-order chi connectivity index (χ0) is 16.6. The minimum absolute atomic E-state index is 0.505. The van der Waals surface area contributed by atoms with Crippen molar-refractivity contribution in [3.05, 3.63) is 47.5 Å². The molecule has 4 nitrogen and oxygen atoms in total. The quantitative estimate of drug-likeness (QED) is 0.732. The second kappa shape index (κ2) is 5.83. The molecule has 0 aliphatic rings. The summed E-state index contributed by atoms with van der Waals surface area (Å²) in [5.41, 5.74) is 0.543. The van der Waals surface area contributed by atoms with E-state index in [1.54, 1.807) is 23.5 Å². The summed E-state index contributed by atoms with van der Waals surface area (Å²) in [6.07, 6.45) is 0. The molecule has 1 heterocycles. The molecule has 3 aromatic rings. The summed E-state index contributed by atoms with van der Waals surface area (Å²) in [6.45, 7) is 3.03. The molecule has 0 radical (unpaired) electrons. The van der Waals surface area contributed by atoms with Crippen molar-refractivity contribution < 1.29 is 14.6 Å². The fraction of sp³-hybridized carbons (Fsp3) is 0.176. The Bertz CT molecular complexity index is 871. The van der Waals surface area contributed by atoms with Gasteiger partial charge >= 0.3 is 5.97 Å². The summed E-state index contributed by atoms with van der Waals surface area (Å²) >= 11 is 7.56. The number of ether oxygens (including phenoxy) is 1. The molecular weight excluding hydrogens is 334 g/mol. The molecule has 3 rings (SSSR count). The predicted molar refractivity (Wildman–Crippen MR) is 92.4 cm³/mol. The molecule has 0 fully saturated rings. The van der Waals surface area contributed by atoms with Gasteiger partial charge in [-0.3, -0.25) is 0 Å². The third-order valence-corrected chi connectivity index (χ3v) is 4.66. The van der Waals surface area contributed by atoms with Crippen LogP contribution < -0.4 is 4.74 Å². The number of halogens is 1. The normalized spacial score (nSPS) is 11.6. The standard InChI is InChI=1S/C17H14ClNO3S/c1-17(2,16(20)21)22-12-6-3-10(4-7-12)15-19-13-9-11(18)5-8-14(13)23-15/h3-9H,1-2H3,(H,20,21). The lowest BCUT2D eigenvalue weighted by molar-refractivity contribution is -0.152. The van der Waals surface area contributed by atoms with Crippen LogP contribution in [0.3, 0.4) is 0 Å². The van der Waals surface area contributed by atoms with E-state index >= 15 is 0 Å². The molecule has 1 aromatic heterocycles. The van der Waals surface area contributed by atoms with Gasteiger partial charge in [-0.2, -0.15) is 0 Å². The van der Waals surface area contributed by atoms with Gasteiger partial charge in [-0.1, -0.05) is 11.6 Å². The number of hydrogen-bond donors (Lipinski definition) is 1. The minimum Gasteiger partial charge on any atom is -0.478 e. The molecule has 0 unspecified atom stereocenters. The average molecular weight is 348 g/mol. The van der Waals surface area contributed by atoms with Crippen LogP contribution in [0.5, 0.6) is 5.75 Å². The van der Waals surface area contributed by atoms with Gasteiger partial charge in [0.25, 0.3) is 0 Å². The highest BCUT2D eigenvalue weighted by Gasteiger charge is 2.29. The minimum atomic E-state index is -1.27. The zero-order valence-electron chi connectivity index (χ0n) is 12.5. The smallest absolute Gasteiger partial charge is 0.347 e. The monoisotopic (exact) mass is 347 g/mol. The number of benzene rings is 2. The van der Waals surface area contributed by atoms with Crippen molar-refractivity contribution in [2.45, 2.75) is 19.4 Å². The number of hydrogen-bond acceptors (Lipinski definition) is 4. The lowest BCUT2D eigenvalue weighted by atomic mass is 10.1. The van der Waals surface area contributed by atoms with Crippen molar-refractivity contribution in [3.8, 4) is 16.3 Å². The first-order chi connectivity index (χ1) is 10.8. The molecule has 6 heteroatoms. The van der Waals surface area contributed by atoms with E-state index < -0.39 is 11.6 Å². The first kappa shape index (κ1) is 15.8. The maximum absolute atomic E-state index is 11.1. The molecule has 0 saturated carbocycles. The Hall–Kier alpha value is -2.11. The van der Waals surface area contributed by atoms with E-state index in [1.165, 1.54) is 13.8 Å². The molecule has 23 heavy (non-hydrogen) atoms. The van der Waals surface area contributed by atoms with E-state index in [4.69, 9.17) is 21.4 Å². The number of fused-ring (bicyclic) bond motifs is 1. The van der Waals surface area contributed by atoms with Crippen molar-refractivity contribution >= 4 is 39.1 Å². The van der Waals surface area contributed by atoms with Crippen LogP contribution in [0.4, 0.5) is 0 Å². The number of thiazole rings is 1. The Morgan fingerprint density at radius 2 is 1.91 bits per heavy atom. The summed E-state index contributed by atoms with van der Waals surface area (Å²) in [5, 5.41) is 10.6. The molecule has 0 aliphatic heterocycles. The summed E-state index contributed by atoms with van der Waals surface area (Å²) in [7, 11) is 0. The van der Waals surface area contributed by atoms with Crippen molar-refractivity contribution in [3.63, 3.8) is 0 Å². The van der Waals surface area contributed by atoms with Gasteiger partial charge in [0.2, 0.25) is 0 Å². The Morgan fingerprint density at radius 3 is 2.57 bits per heavy atom. The third-order valence-electron chi connectivity index (χ3n) is 3.34. The number of carboxylic acids is 1. The van der Waals surface area contributed by atoms with E-state index in [2.05, 4.69) is 4.98 Å². The predicted octanol–water partition coefficient (Wildman–Crippen LogP) is 4.86. The second-order valence-electron chi connectivity index (χ2n) is 5.57. The summed E-state index contributed by atoms with van der Waals surface area (Å²) < 4.78 is 6.56. The Morgan fingerprint density at radius 1 is 1.22 bits per heavy atom. The summed E-state index contributed by atoms with van der Waals surface area (Å²) in [5.74, 6) is -0.505. The van der Waals surface area contributed by atoms with Gasteiger partial charge in [0, 0.05) is 10.6 Å². The van der Waals surface area contributed by atoms with E-state index in [-0.39, 0.29) is 0 Å². The first-order valence-electron chi connectivity index (χ1n) is 6.94. The van der Waals surface area contributed by atoms with Gasteiger partial charge in [0.15, 0.2) is 5.60 Å². The fourth-order valence-corrected chi connectivity index (χ4v) is 3.15. The lowest BCUT2D eigenvalue weighted by Gasteiger charge is -2.21. The van der Waals surface area contributed by atoms with Crippen molar-refractivity contribution in [1.29, 1.82) is 0 Å². The number of rotatable bonds is 4. The lowest BCUT2D eigenvalue weighted by Crippen LogP contribution is -2.37. The molecule has 118 valence electrons. The third kappa shape index (κ3) is 3.30. The molecule has 0 saturated heterocycles. The van der Waals surface area contributed by atoms with Crippen molar-refractivity contribution in [1.82, 2.24) is 4.98 Å². The second-order valence-corrected chi connectivity index (χ2v) is 7.04. The number of nitrogens with zero attached hydrogens (tertiary/aromatic N) is 1. The molecule has 2 aromatic carbocycles. The van der Waals surface area contributed by atoms with Crippen LogP contribution >= 0.6 is 22.9 Å². The number of carboxylic acid groups (broad SMARTS) is 1. The molecule has 0 spiro atoms. The van der Waals surface area contributed by atoms with Crippen LogP contribution in [-0.4, -0.2) is 21.7 Å². The van der Waals surface area contributed by atoms with Crippen LogP contribution in [0.2, 0.25) is 5.02 Å². The van der Waals surface area contributed by atoms with E-state index in [1.807, 2.05) is 30.3 Å². The zero-order valence-corrected chi connectivity index (χ0v) is 14.1. The SMILES string of the molecule is CC(C)(Oc1ccc(-c2nc3cc(Cl)ccc3s2)cc1)C(=O)O. The Kier molecular flexibility index (Phi) is 4.00. The first-order valence-corrected chi connectivity index (χ1v) is 8.13. The molecule has 0 aliphatic carbocycles. The van der Waals surface area contributed by atoms with Gasteiger partial charge in [-0.05, 0) is 56.3 Å². The van der Waals surface area contributed by atoms with Crippen molar-refractivity contribution in [2.24, 2.45) is 0 Å². The van der Waals surface area contributed by atoms with Crippen LogP contribution in [0.1, 0.15) is 13.8 Å². The van der Waals surface area contributed by atoms with Crippen LogP contribution in [0.25, 0.3) is 20.8 Å². The molecule has 0 bridgehead atoms. The topological polar surface area (TPSA) is 59.4 Å². The van der Waals surface area contributed by atoms with E-state index in [0.29, 0.717) is 10.8 Å². The molecule has 0 amide bonds. The van der Waals surface area contributed by atoms with Crippen LogP contribution in [0.15, 0.2) is 42.5 Å².